The fraction of sp³-hybridized carbons (Fsp3) is 0.600. The van der Waals surface area contributed by atoms with E-state index in [4.69, 9.17) is 5.73 Å². The summed E-state index contributed by atoms with van der Waals surface area (Å²) in [6, 6.07) is 6.96. The third-order valence-electron chi connectivity index (χ3n) is 3.28. The molecule has 18 heavy (non-hydrogen) atoms. The Labute approximate surface area is 116 Å². The zero-order chi connectivity index (χ0) is 13.5. The van der Waals surface area contributed by atoms with Crippen molar-refractivity contribution in [2.45, 2.75) is 32.7 Å². The quantitative estimate of drug-likeness (QED) is 0.822. The summed E-state index contributed by atoms with van der Waals surface area (Å²) in [5.74, 6) is 1.16. The molecule has 102 valence electrons. The largest absolute Gasteiger partial charge is 0.374 e. The van der Waals surface area contributed by atoms with Crippen molar-refractivity contribution in [1.82, 2.24) is 0 Å². The molecule has 1 rings (SSSR count). The van der Waals surface area contributed by atoms with Crippen molar-refractivity contribution >= 4 is 17.4 Å². The zero-order valence-corrected chi connectivity index (χ0v) is 12.9. The van der Waals surface area contributed by atoms with Crippen LogP contribution in [0.25, 0.3) is 0 Å². The van der Waals surface area contributed by atoms with E-state index in [0.717, 1.165) is 25.1 Å². The highest BCUT2D eigenvalue weighted by Crippen LogP contribution is 2.23. The minimum atomic E-state index is 0.263. The fourth-order valence-electron chi connectivity index (χ4n) is 2.03. The summed E-state index contributed by atoms with van der Waals surface area (Å²) < 4.78 is 0. The van der Waals surface area contributed by atoms with Crippen molar-refractivity contribution < 1.29 is 0 Å². The predicted molar refractivity (Wildman–Crippen MR) is 84.8 cm³/mol. The van der Waals surface area contributed by atoms with Crippen LogP contribution in [0.5, 0.6) is 0 Å². The number of aryl methyl sites for hydroxylation is 1. The Hall–Kier alpha value is -0.670. The summed E-state index contributed by atoms with van der Waals surface area (Å²) in [7, 11) is 2.17. The van der Waals surface area contributed by atoms with Gasteiger partial charge < -0.3 is 10.6 Å². The second kappa shape index (κ2) is 7.70. The number of anilines is 1. The Bertz CT molecular complexity index is 366. The fourth-order valence-corrected chi connectivity index (χ4v) is 2.48. The molecule has 0 saturated heterocycles. The Balaban J connectivity index is 2.88. The van der Waals surface area contributed by atoms with Crippen molar-refractivity contribution in [3.8, 4) is 0 Å². The highest BCUT2D eigenvalue weighted by atomic mass is 32.2. The van der Waals surface area contributed by atoms with Crippen LogP contribution in [0.4, 0.5) is 5.69 Å². The maximum absolute atomic E-state index is 6.10. The third kappa shape index (κ3) is 4.54. The van der Waals surface area contributed by atoms with E-state index in [1.54, 1.807) is 0 Å². The molecule has 2 N–H and O–H groups in total. The summed E-state index contributed by atoms with van der Waals surface area (Å²) in [6.07, 6.45) is 4.15. The molecule has 0 heterocycles. The lowest BCUT2D eigenvalue weighted by molar-refractivity contribution is 0.645. The van der Waals surface area contributed by atoms with Gasteiger partial charge in [-0.2, -0.15) is 11.8 Å². The van der Waals surface area contributed by atoms with Crippen LogP contribution in [-0.4, -0.2) is 31.6 Å². The van der Waals surface area contributed by atoms with Gasteiger partial charge in [-0.25, -0.2) is 0 Å². The molecule has 0 aliphatic carbocycles. The number of rotatable bonds is 7. The van der Waals surface area contributed by atoms with Gasteiger partial charge >= 0.3 is 0 Å². The SMILES string of the molecule is CCC(N)Cc1cc(C)ccc1N(C)CCSC. The van der Waals surface area contributed by atoms with Crippen LogP contribution in [0, 0.1) is 6.92 Å². The highest BCUT2D eigenvalue weighted by molar-refractivity contribution is 7.98. The van der Waals surface area contributed by atoms with Gasteiger partial charge in [0, 0.05) is 31.1 Å². The smallest absolute Gasteiger partial charge is 0.0397 e. The highest BCUT2D eigenvalue weighted by Gasteiger charge is 2.10. The summed E-state index contributed by atoms with van der Waals surface area (Å²) in [5, 5.41) is 0. The Morgan fingerprint density at radius 3 is 2.72 bits per heavy atom. The van der Waals surface area contributed by atoms with E-state index < -0.39 is 0 Å². The van der Waals surface area contributed by atoms with Gasteiger partial charge in [0.15, 0.2) is 0 Å². The molecule has 0 radical (unpaired) electrons. The molecule has 0 spiro atoms. The van der Waals surface area contributed by atoms with E-state index in [1.165, 1.54) is 16.8 Å². The van der Waals surface area contributed by atoms with E-state index in [-0.39, 0.29) is 6.04 Å². The average molecular weight is 266 g/mol. The summed E-state index contributed by atoms with van der Waals surface area (Å²) in [5.41, 5.74) is 10.1. The molecule has 1 aromatic rings. The van der Waals surface area contributed by atoms with Gasteiger partial charge in [0.1, 0.15) is 0 Å². The molecule has 3 heteroatoms. The first-order valence-corrected chi connectivity index (χ1v) is 8.03. The second-order valence-corrected chi connectivity index (χ2v) is 5.90. The van der Waals surface area contributed by atoms with E-state index in [2.05, 4.69) is 50.2 Å². The molecule has 0 aliphatic rings. The van der Waals surface area contributed by atoms with E-state index in [1.807, 2.05) is 11.8 Å². The molecule has 0 fully saturated rings. The maximum Gasteiger partial charge on any atom is 0.0397 e. The molecular weight excluding hydrogens is 240 g/mol. The number of nitrogens with two attached hydrogens (primary N) is 1. The standard InChI is InChI=1S/C15H26N2S/c1-5-14(16)11-13-10-12(2)6-7-15(13)17(3)8-9-18-4/h6-7,10,14H,5,8-9,11,16H2,1-4H3. The minimum absolute atomic E-state index is 0.263. The van der Waals surface area contributed by atoms with Gasteiger partial charge in [0.2, 0.25) is 0 Å². The van der Waals surface area contributed by atoms with Gasteiger partial charge in [-0.1, -0.05) is 24.6 Å². The topological polar surface area (TPSA) is 29.3 Å². The first-order chi connectivity index (χ1) is 8.58. The summed E-state index contributed by atoms with van der Waals surface area (Å²) >= 11 is 1.89. The van der Waals surface area contributed by atoms with E-state index >= 15 is 0 Å². The van der Waals surface area contributed by atoms with E-state index in [0.29, 0.717) is 0 Å². The maximum atomic E-state index is 6.10. The number of benzene rings is 1. The van der Waals surface area contributed by atoms with Crippen LogP contribution >= 0.6 is 11.8 Å². The monoisotopic (exact) mass is 266 g/mol. The molecule has 2 nitrogen and oxygen atoms in total. The van der Waals surface area contributed by atoms with Crippen molar-refractivity contribution in [1.29, 1.82) is 0 Å². The van der Waals surface area contributed by atoms with Gasteiger partial charge in [0.25, 0.3) is 0 Å². The molecule has 1 unspecified atom stereocenters. The third-order valence-corrected chi connectivity index (χ3v) is 3.87. The number of hydrogen-bond donors (Lipinski definition) is 1. The zero-order valence-electron chi connectivity index (χ0n) is 12.1. The Kier molecular flexibility index (Phi) is 6.58. The lowest BCUT2D eigenvalue weighted by Crippen LogP contribution is -2.25. The van der Waals surface area contributed by atoms with Crippen LogP contribution in [-0.2, 0) is 6.42 Å². The first kappa shape index (κ1) is 15.4. The molecule has 0 bridgehead atoms. The second-order valence-electron chi connectivity index (χ2n) is 4.92. The Morgan fingerprint density at radius 2 is 2.11 bits per heavy atom. The number of nitrogens with zero attached hydrogens (tertiary/aromatic N) is 1. The number of thioether (sulfide) groups is 1. The van der Waals surface area contributed by atoms with Crippen LogP contribution in [0.3, 0.4) is 0 Å². The van der Waals surface area contributed by atoms with Crippen molar-refractivity contribution in [2.24, 2.45) is 5.73 Å². The van der Waals surface area contributed by atoms with Crippen LogP contribution in [0.1, 0.15) is 24.5 Å². The van der Waals surface area contributed by atoms with Gasteiger partial charge in [-0.05, 0) is 37.7 Å². The Morgan fingerprint density at radius 1 is 1.39 bits per heavy atom. The lowest BCUT2D eigenvalue weighted by Gasteiger charge is -2.24. The van der Waals surface area contributed by atoms with Crippen LogP contribution in [0.15, 0.2) is 18.2 Å². The van der Waals surface area contributed by atoms with Crippen LogP contribution in [0.2, 0.25) is 0 Å². The average Bonchev–Trinajstić information content (AvgIpc) is 2.36. The van der Waals surface area contributed by atoms with Gasteiger partial charge in [-0.3, -0.25) is 0 Å². The molecule has 1 atom stereocenters. The predicted octanol–water partition coefficient (Wildman–Crippen LogP) is 3.07. The van der Waals surface area contributed by atoms with Crippen molar-refractivity contribution in [3.63, 3.8) is 0 Å². The molecular formula is C15H26N2S. The van der Waals surface area contributed by atoms with Crippen molar-refractivity contribution in [2.75, 3.05) is 30.5 Å². The van der Waals surface area contributed by atoms with Gasteiger partial charge in [-0.15, -0.1) is 0 Å². The summed E-state index contributed by atoms with van der Waals surface area (Å²) in [6.45, 7) is 5.38. The van der Waals surface area contributed by atoms with Crippen LogP contribution < -0.4 is 10.6 Å². The van der Waals surface area contributed by atoms with Gasteiger partial charge in [0.05, 0.1) is 0 Å². The molecule has 0 aliphatic heterocycles. The van der Waals surface area contributed by atoms with E-state index in [9.17, 15) is 0 Å². The first-order valence-electron chi connectivity index (χ1n) is 6.63. The normalized spacial score (nSPS) is 12.5. The molecule has 0 aromatic heterocycles. The van der Waals surface area contributed by atoms with Crippen molar-refractivity contribution in [3.05, 3.63) is 29.3 Å². The molecule has 0 amide bonds. The number of hydrogen-bond acceptors (Lipinski definition) is 3. The molecule has 0 saturated carbocycles. The minimum Gasteiger partial charge on any atom is -0.374 e. The lowest BCUT2D eigenvalue weighted by atomic mass is 10.0. The summed E-state index contributed by atoms with van der Waals surface area (Å²) in [4.78, 5) is 2.34. The molecule has 1 aromatic carbocycles.